The smallest absolute Gasteiger partial charge is 0.249 e. The summed E-state index contributed by atoms with van der Waals surface area (Å²) in [4.78, 5) is 0. The molecule has 1 rings (SSSR count). The van der Waals surface area contributed by atoms with Crippen LogP contribution in [0.4, 0.5) is 11.4 Å². The molecule has 0 fully saturated rings. The van der Waals surface area contributed by atoms with E-state index in [-0.39, 0.29) is 6.42 Å². The van der Waals surface area contributed by atoms with E-state index in [1.165, 1.54) is 0 Å². The fourth-order valence-electron chi connectivity index (χ4n) is 1.75. The molecular weight excluding hydrogens is 250 g/mol. The van der Waals surface area contributed by atoms with Crippen LogP contribution in [0.3, 0.4) is 0 Å². The van der Waals surface area contributed by atoms with Gasteiger partial charge in [-0.05, 0) is 43.5 Å². The molecule has 0 bridgehead atoms. The summed E-state index contributed by atoms with van der Waals surface area (Å²) in [5.41, 5.74) is 8.24. The van der Waals surface area contributed by atoms with Crippen LogP contribution in [0.15, 0.2) is 12.1 Å². The lowest BCUT2D eigenvalue weighted by atomic mass is 10.1. The van der Waals surface area contributed by atoms with E-state index in [1.807, 2.05) is 0 Å². The first-order valence-corrected chi connectivity index (χ1v) is 7.14. The van der Waals surface area contributed by atoms with Gasteiger partial charge in [-0.1, -0.05) is 6.92 Å². The number of nitrogens with two attached hydrogens (primary N) is 1. The van der Waals surface area contributed by atoms with Crippen molar-refractivity contribution in [2.75, 3.05) is 10.5 Å². The van der Waals surface area contributed by atoms with Gasteiger partial charge < -0.3 is 5.73 Å². The Morgan fingerprint density at radius 2 is 1.89 bits per heavy atom. The van der Waals surface area contributed by atoms with Crippen LogP contribution in [-0.2, 0) is 10.0 Å². The fourth-order valence-corrected chi connectivity index (χ4v) is 3.08. The van der Waals surface area contributed by atoms with Crippen LogP contribution in [0.5, 0.6) is 0 Å². The van der Waals surface area contributed by atoms with E-state index in [0.717, 1.165) is 11.1 Å². The van der Waals surface area contributed by atoms with Gasteiger partial charge in [0.05, 0.1) is 11.8 Å². The van der Waals surface area contributed by atoms with Crippen molar-refractivity contribution in [2.24, 2.45) is 0 Å². The molecule has 0 saturated heterocycles. The second-order valence-electron chi connectivity index (χ2n) is 4.20. The zero-order valence-corrected chi connectivity index (χ0v) is 11.5. The molecule has 6 heteroatoms. The molecule has 1 atom stereocenters. The number of nitrogen functional groups attached to an aromatic ring is 1. The quantitative estimate of drug-likeness (QED) is 0.815. The number of rotatable bonds is 4. The fraction of sp³-hybridized carbons (Fsp3) is 0.417. The minimum atomic E-state index is -3.69. The lowest BCUT2D eigenvalue weighted by Crippen LogP contribution is -2.26. The monoisotopic (exact) mass is 267 g/mol. The first-order valence-electron chi connectivity index (χ1n) is 5.59. The lowest BCUT2D eigenvalue weighted by molar-refractivity contribution is 0.592. The molecular formula is C12H17N3O2S. The summed E-state index contributed by atoms with van der Waals surface area (Å²) >= 11 is 0. The summed E-state index contributed by atoms with van der Waals surface area (Å²) in [6.07, 6.45) is 0.249. The van der Waals surface area contributed by atoms with Crippen molar-refractivity contribution in [3.05, 3.63) is 23.3 Å². The highest BCUT2D eigenvalue weighted by atomic mass is 32.2. The Balaban J connectivity index is 3.17. The molecule has 0 aliphatic heterocycles. The molecule has 5 nitrogen and oxygen atoms in total. The van der Waals surface area contributed by atoms with Gasteiger partial charge in [-0.25, -0.2) is 8.42 Å². The van der Waals surface area contributed by atoms with Crippen LogP contribution >= 0.6 is 0 Å². The number of anilines is 2. The average Bonchev–Trinajstić information content (AvgIpc) is 2.24. The predicted octanol–water partition coefficient (Wildman–Crippen LogP) is 1.93. The minimum Gasteiger partial charge on any atom is -0.399 e. The molecule has 0 spiro atoms. The minimum absolute atomic E-state index is 0.249. The second-order valence-corrected chi connectivity index (χ2v) is 6.07. The van der Waals surface area contributed by atoms with Crippen molar-refractivity contribution in [1.82, 2.24) is 0 Å². The van der Waals surface area contributed by atoms with Crippen LogP contribution < -0.4 is 10.5 Å². The van der Waals surface area contributed by atoms with Gasteiger partial charge in [-0.2, -0.15) is 5.26 Å². The SMILES string of the molecule is CCC(C#N)S(=O)(=O)Nc1c(C)cc(N)cc1C. The van der Waals surface area contributed by atoms with Gasteiger partial charge in [0.1, 0.15) is 0 Å². The summed E-state index contributed by atoms with van der Waals surface area (Å²) in [6, 6.07) is 5.17. The maximum atomic E-state index is 12.0. The summed E-state index contributed by atoms with van der Waals surface area (Å²) in [6.45, 7) is 5.21. The summed E-state index contributed by atoms with van der Waals surface area (Å²) in [5.74, 6) is 0. The molecule has 0 aliphatic carbocycles. The number of nitrogens with zero attached hydrogens (tertiary/aromatic N) is 1. The van der Waals surface area contributed by atoms with Gasteiger partial charge in [0.25, 0.3) is 0 Å². The molecule has 0 amide bonds. The molecule has 0 aliphatic rings. The summed E-state index contributed by atoms with van der Waals surface area (Å²) < 4.78 is 26.5. The van der Waals surface area contributed by atoms with Crippen molar-refractivity contribution in [3.63, 3.8) is 0 Å². The van der Waals surface area contributed by atoms with Gasteiger partial charge in [-0.15, -0.1) is 0 Å². The highest BCUT2D eigenvalue weighted by Crippen LogP contribution is 2.25. The number of hydrogen-bond donors (Lipinski definition) is 2. The van der Waals surface area contributed by atoms with Gasteiger partial charge in [-0.3, -0.25) is 4.72 Å². The molecule has 0 heterocycles. The predicted molar refractivity (Wildman–Crippen MR) is 72.6 cm³/mol. The molecule has 1 aromatic carbocycles. The molecule has 98 valence electrons. The van der Waals surface area contributed by atoms with E-state index in [1.54, 1.807) is 39.0 Å². The zero-order chi connectivity index (χ0) is 13.9. The topological polar surface area (TPSA) is 96.0 Å². The van der Waals surface area contributed by atoms with Gasteiger partial charge in [0.15, 0.2) is 5.25 Å². The highest BCUT2D eigenvalue weighted by Gasteiger charge is 2.24. The van der Waals surface area contributed by atoms with E-state index in [4.69, 9.17) is 11.0 Å². The number of hydrogen-bond acceptors (Lipinski definition) is 4. The van der Waals surface area contributed by atoms with Crippen LogP contribution in [0.1, 0.15) is 24.5 Å². The van der Waals surface area contributed by atoms with Crippen molar-refractivity contribution >= 4 is 21.4 Å². The van der Waals surface area contributed by atoms with E-state index >= 15 is 0 Å². The third-order valence-corrected chi connectivity index (χ3v) is 4.37. The van der Waals surface area contributed by atoms with Gasteiger partial charge in [0, 0.05) is 5.69 Å². The first kappa shape index (κ1) is 14.3. The molecule has 1 aromatic rings. The number of sulfonamides is 1. The van der Waals surface area contributed by atoms with E-state index in [2.05, 4.69) is 4.72 Å². The van der Waals surface area contributed by atoms with E-state index < -0.39 is 15.3 Å². The number of benzene rings is 1. The Hall–Kier alpha value is -1.74. The van der Waals surface area contributed by atoms with E-state index in [0.29, 0.717) is 11.4 Å². The third kappa shape index (κ3) is 2.93. The van der Waals surface area contributed by atoms with Crippen molar-refractivity contribution in [2.45, 2.75) is 32.4 Å². The third-order valence-electron chi connectivity index (χ3n) is 2.69. The second kappa shape index (κ2) is 5.27. The molecule has 1 unspecified atom stereocenters. The molecule has 18 heavy (non-hydrogen) atoms. The normalized spacial score (nSPS) is 12.8. The van der Waals surface area contributed by atoms with Crippen molar-refractivity contribution in [1.29, 1.82) is 5.26 Å². The van der Waals surface area contributed by atoms with Gasteiger partial charge >= 0.3 is 0 Å². The average molecular weight is 267 g/mol. The Morgan fingerprint density at radius 3 is 2.28 bits per heavy atom. The summed E-state index contributed by atoms with van der Waals surface area (Å²) in [7, 11) is -3.69. The Bertz CT molecular complexity index is 565. The maximum absolute atomic E-state index is 12.0. The van der Waals surface area contributed by atoms with Crippen LogP contribution in [0, 0.1) is 25.2 Å². The lowest BCUT2D eigenvalue weighted by Gasteiger charge is -2.16. The number of nitrogens with one attached hydrogen (secondary N) is 1. The van der Waals surface area contributed by atoms with Gasteiger partial charge in [0.2, 0.25) is 10.0 Å². The molecule has 0 aromatic heterocycles. The molecule has 0 saturated carbocycles. The highest BCUT2D eigenvalue weighted by molar-refractivity contribution is 7.93. The van der Waals surface area contributed by atoms with E-state index in [9.17, 15) is 8.42 Å². The first-order chi connectivity index (χ1) is 8.31. The maximum Gasteiger partial charge on any atom is 0.249 e. The van der Waals surface area contributed by atoms with Crippen molar-refractivity contribution in [3.8, 4) is 6.07 Å². The summed E-state index contributed by atoms with van der Waals surface area (Å²) in [5, 5.41) is 7.79. The number of nitriles is 1. The molecule has 3 N–H and O–H groups in total. The van der Waals surface area contributed by atoms with Crippen LogP contribution in [-0.4, -0.2) is 13.7 Å². The Kier molecular flexibility index (Phi) is 4.19. The molecule has 0 radical (unpaired) electrons. The van der Waals surface area contributed by atoms with Crippen molar-refractivity contribution < 1.29 is 8.42 Å². The van der Waals surface area contributed by atoms with Crippen LogP contribution in [0.25, 0.3) is 0 Å². The Labute approximate surface area is 108 Å². The zero-order valence-electron chi connectivity index (χ0n) is 10.7. The van der Waals surface area contributed by atoms with Crippen LogP contribution in [0.2, 0.25) is 0 Å². The number of aryl methyl sites for hydroxylation is 2. The Morgan fingerprint density at radius 1 is 1.39 bits per heavy atom. The standard InChI is InChI=1S/C12H17N3O2S/c1-4-11(7-13)18(16,17)15-12-8(2)5-10(14)6-9(12)3/h5-6,11,15H,4,14H2,1-3H3. The largest absolute Gasteiger partial charge is 0.399 e.